The molecule has 5 heteroatoms. The van der Waals surface area contributed by atoms with Gasteiger partial charge in [0.25, 0.3) is 0 Å². The maximum atomic E-state index is 12.5. The Kier molecular flexibility index (Phi) is 5.14. The first-order chi connectivity index (χ1) is 13.1. The van der Waals surface area contributed by atoms with Gasteiger partial charge in [-0.05, 0) is 35.4 Å². The molecule has 1 N–H and O–H groups in total. The third-order valence-electron chi connectivity index (χ3n) is 5.04. The summed E-state index contributed by atoms with van der Waals surface area (Å²) in [6, 6.07) is 18.1. The third kappa shape index (κ3) is 4.15. The molecule has 4 rings (SSSR count). The number of hydroxylamine groups is 1. The number of piperidine rings is 1. The number of hydrogen-bond donors (Lipinski definition) is 1. The van der Waals surface area contributed by atoms with Gasteiger partial charge >= 0.3 is 0 Å². The lowest BCUT2D eigenvalue weighted by Crippen LogP contribution is -2.46. The maximum Gasteiger partial charge on any atom is 0.246 e. The molecule has 1 amide bonds. The summed E-state index contributed by atoms with van der Waals surface area (Å²) in [5, 5.41) is 0. The Morgan fingerprint density at radius 2 is 1.89 bits per heavy atom. The van der Waals surface area contributed by atoms with Crippen molar-refractivity contribution in [3.63, 3.8) is 0 Å². The fourth-order valence-electron chi connectivity index (χ4n) is 3.47. The van der Waals surface area contributed by atoms with Crippen LogP contribution in [0.15, 0.2) is 71.2 Å². The van der Waals surface area contributed by atoms with Gasteiger partial charge in [-0.2, -0.15) is 0 Å². The van der Waals surface area contributed by atoms with Crippen LogP contribution >= 0.6 is 15.9 Å². The zero-order valence-electron chi connectivity index (χ0n) is 14.9. The molecule has 1 saturated heterocycles. The molecule has 0 radical (unpaired) electrons. The van der Waals surface area contributed by atoms with Gasteiger partial charge in [0.15, 0.2) is 0 Å². The summed E-state index contributed by atoms with van der Waals surface area (Å²) in [7, 11) is 0. The molecule has 0 unspecified atom stereocenters. The van der Waals surface area contributed by atoms with Crippen LogP contribution in [-0.2, 0) is 9.63 Å². The minimum absolute atomic E-state index is 0.0445. The minimum Gasteiger partial charge on any atom is -0.339 e. The Morgan fingerprint density at radius 3 is 2.63 bits per heavy atom. The SMILES string of the molecule is O=C(C=Cc1cccc(Br)c1)N1CCC2(C=C(c3ccccc3)NO2)CC1. The van der Waals surface area contributed by atoms with E-state index in [1.807, 2.05) is 53.4 Å². The van der Waals surface area contributed by atoms with Crippen LogP contribution in [0.4, 0.5) is 0 Å². The number of nitrogens with zero attached hydrogens (tertiary/aromatic N) is 1. The number of halogens is 1. The van der Waals surface area contributed by atoms with Crippen molar-refractivity contribution in [2.75, 3.05) is 13.1 Å². The molecule has 27 heavy (non-hydrogen) atoms. The lowest BCUT2D eigenvalue weighted by molar-refractivity contribution is -0.131. The fourth-order valence-corrected chi connectivity index (χ4v) is 3.89. The predicted molar refractivity (Wildman–Crippen MR) is 110 cm³/mol. The summed E-state index contributed by atoms with van der Waals surface area (Å²) >= 11 is 3.45. The normalized spacial score (nSPS) is 18.6. The Balaban J connectivity index is 1.38. The average molecular weight is 425 g/mol. The number of carbonyl (C=O) groups excluding carboxylic acids is 1. The van der Waals surface area contributed by atoms with Gasteiger partial charge in [-0.1, -0.05) is 58.4 Å². The zero-order valence-corrected chi connectivity index (χ0v) is 16.5. The van der Waals surface area contributed by atoms with E-state index in [1.54, 1.807) is 6.08 Å². The van der Waals surface area contributed by atoms with E-state index >= 15 is 0 Å². The van der Waals surface area contributed by atoms with Crippen molar-refractivity contribution in [1.29, 1.82) is 0 Å². The highest BCUT2D eigenvalue weighted by Gasteiger charge is 2.39. The van der Waals surface area contributed by atoms with E-state index in [0.29, 0.717) is 13.1 Å². The molecule has 0 aliphatic carbocycles. The van der Waals surface area contributed by atoms with Crippen LogP contribution in [0.3, 0.4) is 0 Å². The van der Waals surface area contributed by atoms with Gasteiger partial charge in [0.2, 0.25) is 5.91 Å². The Morgan fingerprint density at radius 1 is 1.11 bits per heavy atom. The number of amides is 1. The van der Waals surface area contributed by atoms with Gasteiger partial charge in [-0.3, -0.25) is 15.1 Å². The second-order valence-corrected chi connectivity index (χ2v) is 7.82. The molecule has 2 aliphatic heterocycles. The molecule has 2 aromatic rings. The Bertz CT molecular complexity index is 884. The molecule has 0 atom stereocenters. The van der Waals surface area contributed by atoms with Crippen molar-refractivity contribution < 1.29 is 9.63 Å². The summed E-state index contributed by atoms with van der Waals surface area (Å²) < 4.78 is 1.00. The first-order valence-electron chi connectivity index (χ1n) is 9.08. The number of hydrogen-bond acceptors (Lipinski definition) is 3. The smallest absolute Gasteiger partial charge is 0.246 e. The van der Waals surface area contributed by atoms with E-state index in [0.717, 1.165) is 34.1 Å². The van der Waals surface area contributed by atoms with E-state index in [1.165, 1.54) is 0 Å². The van der Waals surface area contributed by atoms with Crippen LogP contribution in [0.5, 0.6) is 0 Å². The van der Waals surface area contributed by atoms with Crippen LogP contribution in [0.25, 0.3) is 11.8 Å². The average Bonchev–Trinajstić information content (AvgIpc) is 3.11. The zero-order chi connectivity index (χ0) is 18.7. The molecular weight excluding hydrogens is 404 g/mol. The second-order valence-electron chi connectivity index (χ2n) is 6.91. The van der Waals surface area contributed by atoms with Gasteiger partial charge in [0.1, 0.15) is 5.60 Å². The summed E-state index contributed by atoms with van der Waals surface area (Å²) in [6.07, 6.45) is 7.25. The molecule has 2 aliphatic rings. The van der Waals surface area contributed by atoms with E-state index < -0.39 is 0 Å². The minimum atomic E-state index is -0.323. The van der Waals surface area contributed by atoms with E-state index in [9.17, 15) is 4.79 Å². The van der Waals surface area contributed by atoms with Crippen molar-refractivity contribution in [1.82, 2.24) is 10.4 Å². The molecule has 1 fully saturated rings. The van der Waals surface area contributed by atoms with Gasteiger partial charge in [-0.15, -0.1) is 0 Å². The summed E-state index contributed by atoms with van der Waals surface area (Å²) in [5.74, 6) is 0.0445. The standard InChI is InChI=1S/C22H21BrN2O2/c23-19-8-4-5-17(15-19)9-10-21(26)25-13-11-22(12-14-25)16-20(24-27-22)18-6-2-1-3-7-18/h1-10,15-16,24H,11-14H2. The molecule has 4 nitrogen and oxygen atoms in total. The molecule has 0 saturated carbocycles. The molecular formula is C22H21BrN2O2. The Hall–Kier alpha value is -2.37. The van der Waals surface area contributed by atoms with Crippen molar-refractivity contribution in [2.45, 2.75) is 18.4 Å². The van der Waals surface area contributed by atoms with Crippen LogP contribution in [0.2, 0.25) is 0 Å². The monoisotopic (exact) mass is 424 g/mol. The molecule has 0 aromatic heterocycles. The Labute approximate surface area is 167 Å². The van der Waals surface area contributed by atoms with Crippen LogP contribution in [0.1, 0.15) is 24.0 Å². The largest absolute Gasteiger partial charge is 0.339 e. The van der Waals surface area contributed by atoms with E-state index in [2.05, 4.69) is 39.6 Å². The summed E-state index contributed by atoms with van der Waals surface area (Å²) in [6.45, 7) is 1.36. The predicted octanol–water partition coefficient (Wildman–Crippen LogP) is 4.40. The van der Waals surface area contributed by atoms with Gasteiger partial charge in [0, 0.05) is 36.5 Å². The first-order valence-corrected chi connectivity index (χ1v) is 9.88. The van der Waals surface area contributed by atoms with Crippen molar-refractivity contribution >= 4 is 33.6 Å². The lowest BCUT2D eigenvalue weighted by atomic mass is 9.90. The van der Waals surface area contributed by atoms with Crippen LogP contribution in [0, 0.1) is 0 Å². The fraction of sp³-hybridized carbons (Fsp3) is 0.227. The first kappa shape index (κ1) is 18.0. The lowest BCUT2D eigenvalue weighted by Gasteiger charge is -2.36. The number of carbonyl (C=O) groups is 1. The molecule has 138 valence electrons. The van der Waals surface area contributed by atoms with Gasteiger partial charge in [-0.25, -0.2) is 0 Å². The van der Waals surface area contributed by atoms with E-state index in [4.69, 9.17) is 4.84 Å². The number of rotatable bonds is 3. The quantitative estimate of drug-likeness (QED) is 0.742. The van der Waals surface area contributed by atoms with Gasteiger partial charge in [0.05, 0.1) is 5.70 Å². The van der Waals surface area contributed by atoms with Crippen molar-refractivity contribution in [3.8, 4) is 0 Å². The van der Waals surface area contributed by atoms with E-state index in [-0.39, 0.29) is 11.5 Å². The topological polar surface area (TPSA) is 41.6 Å². The second kappa shape index (κ2) is 7.71. The number of nitrogens with one attached hydrogen (secondary N) is 1. The van der Waals surface area contributed by atoms with Crippen molar-refractivity contribution in [3.05, 3.63) is 82.3 Å². The molecule has 2 aromatic carbocycles. The van der Waals surface area contributed by atoms with Gasteiger partial charge < -0.3 is 4.90 Å². The highest BCUT2D eigenvalue weighted by Crippen LogP contribution is 2.34. The highest BCUT2D eigenvalue weighted by atomic mass is 79.9. The molecule has 2 heterocycles. The molecule has 1 spiro atoms. The summed E-state index contributed by atoms with van der Waals surface area (Å²) in [4.78, 5) is 20.3. The van der Waals surface area contributed by atoms with Crippen molar-refractivity contribution in [2.24, 2.45) is 0 Å². The number of benzene rings is 2. The van der Waals surface area contributed by atoms with Crippen LogP contribution in [-0.4, -0.2) is 29.5 Å². The maximum absolute atomic E-state index is 12.5. The molecule has 0 bridgehead atoms. The third-order valence-corrected chi connectivity index (χ3v) is 5.54. The highest BCUT2D eigenvalue weighted by molar-refractivity contribution is 9.10. The summed E-state index contributed by atoms with van der Waals surface area (Å²) in [5.41, 5.74) is 5.87. The number of likely N-dealkylation sites (tertiary alicyclic amines) is 1. The van der Waals surface area contributed by atoms with Crippen LogP contribution < -0.4 is 5.48 Å².